The number of rotatable bonds is 34. The van der Waals surface area contributed by atoms with Gasteiger partial charge in [0.05, 0.1) is 11.8 Å². The van der Waals surface area contributed by atoms with Gasteiger partial charge in [0.2, 0.25) is 0 Å². The van der Waals surface area contributed by atoms with Gasteiger partial charge in [-0.25, -0.2) is 0 Å². The largest absolute Gasteiger partial charge is 0.458 e. The van der Waals surface area contributed by atoms with Crippen LogP contribution in [-0.4, -0.2) is 60.4 Å². The van der Waals surface area contributed by atoms with Gasteiger partial charge < -0.3 is 19.5 Å². The smallest absolute Gasteiger partial charge is 0.309 e. The molecule has 1 N–H and O–H groups in total. The third-order valence-electron chi connectivity index (χ3n) is 12.8. The molecule has 1 saturated heterocycles. The minimum absolute atomic E-state index is 0.0313. The molecule has 0 radical (unpaired) electrons. The van der Waals surface area contributed by atoms with Crippen molar-refractivity contribution in [3.63, 3.8) is 0 Å². The zero-order chi connectivity index (χ0) is 38.4. The number of likely N-dealkylation sites (tertiary alicyclic amines) is 1. The highest BCUT2D eigenvalue weighted by Crippen LogP contribution is 2.49. The van der Waals surface area contributed by atoms with Crippen LogP contribution in [0.2, 0.25) is 0 Å². The Morgan fingerprint density at radius 1 is 0.528 bits per heavy atom. The molecule has 2 rings (SSSR count). The molecule has 1 aliphatic heterocycles. The van der Waals surface area contributed by atoms with Crippen LogP contribution in [0.1, 0.15) is 233 Å². The second-order valence-electron chi connectivity index (χ2n) is 17.5. The van der Waals surface area contributed by atoms with Crippen LogP contribution < -0.4 is 0 Å². The molecule has 0 aromatic rings. The number of hydrogen-bond donors (Lipinski definition) is 1. The maximum atomic E-state index is 14.1. The number of piperidine rings is 1. The van der Waals surface area contributed by atoms with Gasteiger partial charge >= 0.3 is 11.9 Å². The SMILES string of the molecule is CCCCCCCCCC(CCCCCC)C(=O)O[C@@H]1CC2(CCN(CCCCO)CC2)C[C@H]1OC(=O)C(CCCCCC)CCCCCCCCC. The number of nitrogens with zero attached hydrogens (tertiary/aromatic N) is 1. The first kappa shape index (κ1) is 48.0. The van der Waals surface area contributed by atoms with E-state index in [4.69, 9.17) is 9.47 Å². The zero-order valence-corrected chi connectivity index (χ0v) is 35.8. The number of ether oxygens (including phenoxy) is 2. The Kier molecular flexibility index (Phi) is 28.1. The molecule has 6 heteroatoms. The molecule has 4 atom stereocenters. The number of esters is 2. The summed E-state index contributed by atoms with van der Waals surface area (Å²) in [5.41, 5.74) is 0.0631. The Bertz CT molecular complexity index is 828. The standard InChI is InChI=1S/C47H89NO5/c1-5-9-13-17-19-21-25-31-41(29-23-15-11-7-3)45(50)52-43-39-47(33-36-48(37-34-47)35-27-28-38-49)40-44(43)53-46(51)42(30-24-16-12-8-4)32-26-22-20-18-14-10-6-2/h41-44,49H,5-40H2,1-4H3/t41?,42?,43-,44-/m1/s1. The van der Waals surface area contributed by atoms with E-state index in [1.54, 1.807) is 0 Å². The van der Waals surface area contributed by atoms with Crippen molar-refractivity contribution in [2.45, 2.75) is 245 Å². The Hall–Kier alpha value is -1.14. The number of carbonyl (C=O) groups excluding carboxylic acids is 2. The van der Waals surface area contributed by atoms with E-state index in [-0.39, 0.29) is 48.0 Å². The molecule has 1 saturated carbocycles. The van der Waals surface area contributed by atoms with Gasteiger partial charge in [-0.2, -0.15) is 0 Å². The molecule has 6 nitrogen and oxygen atoms in total. The molecular weight excluding hydrogens is 659 g/mol. The molecule has 53 heavy (non-hydrogen) atoms. The van der Waals surface area contributed by atoms with Crippen molar-refractivity contribution < 1.29 is 24.2 Å². The highest BCUT2D eigenvalue weighted by Gasteiger charge is 2.50. The fraction of sp³-hybridized carbons (Fsp3) is 0.957. The number of aliphatic hydroxyl groups is 1. The molecule has 0 bridgehead atoms. The van der Waals surface area contributed by atoms with Crippen molar-refractivity contribution >= 4 is 11.9 Å². The van der Waals surface area contributed by atoms with Crippen LogP contribution in [0.3, 0.4) is 0 Å². The zero-order valence-electron chi connectivity index (χ0n) is 35.8. The summed E-state index contributed by atoms with van der Waals surface area (Å²) in [4.78, 5) is 30.7. The van der Waals surface area contributed by atoms with Crippen LogP contribution in [0.15, 0.2) is 0 Å². The first-order valence-corrected chi connectivity index (χ1v) is 23.7. The van der Waals surface area contributed by atoms with Gasteiger partial charge in [0.25, 0.3) is 0 Å². The van der Waals surface area contributed by atoms with Gasteiger partial charge in [-0.3, -0.25) is 9.59 Å². The number of hydrogen-bond acceptors (Lipinski definition) is 6. The van der Waals surface area contributed by atoms with Crippen LogP contribution in [0, 0.1) is 17.3 Å². The number of unbranched alkanes of at least 4 members (excludes halogenated alkanes) is 19. The molecule has 2 fully saturated rings. The van der Waals surface area contributed by atoms with Crippen LogP contribution in [-0.2, 0) is 19.1 Å². The van der Waals surface area contributed by atoms with Gasteiger partial charge in [0, 0.05) is 6.61 Å². The van der Waals surface area contributed by atoms with Crippen molar-refractivity contribution in [2.24, 2.45) is 17.3 Å². The van der Waals surface area contributed by atoms with Gasteiger partial charge in [-0.15, -0.1) is 0 Å². The molecule has 1 aliphatic carbocycles. The van der Waals surface area contributed by atoms with Crippen molar-refractivity contribution in [3.8, 4) is 0 Å². The molecule has 0 amide bonds. The van der Waals surface area contributed by atoms with E-state index in [0.717, 1.165) is 110 Å². The summed E-state index contributed by atoms with van der Waals surface area (Å²) in [6.45, 7) is 12.4. The predicted octanol–water partition coefficient (Wildman–Crippen LogP) is 12.9. The van der Waals surface area contributed by atoms with Gasteiger partial charge in [-0.05, 0) is 89.3 Å². The molecule has 2 aliphatic rings. The summed E-state index contributed by atoms with van der Waals surface area (Å²) in [6.07, 6.45) is 35.5. The summed E-state index contributed by atoms with van der Waals surface area (Å²) in [6, 6.07) is 0. The normalized spacial score (nSPS) is 19.8. The third kappa shape index (κ3) is 21.1. The lowest BCUT2D eigenvalue weighted by Gasteiger charge is -2.39. The monoisotopic (exact) mass is 748 g/mol. The fourth-order valence-electron chi connectivity index (χ4n) is 9.12. The summed E-state index contributed by atoms with van der Waals surface area (Å²) >= 11 is 0. The summed E-state index contributed by atoms with van der Waals surface area (Å²) < 4.78 is 13.1. The summed E-state index contributed by atoms with van der Waals surface area (Å²) in [5, 5.41) is 9.29. The second-order valence-corrected chi connectivity index (χ2v) is 17.5. The summed E-state index contributed by atoms with van der Waals surface area (Å²) in [7, 11) is 0. The lowest BCUT2D eigenvalue weighted by atomic mass is 9.76. The van der Waals surface area contributed by atoms with Crippen LogP contribution in [0.4, 0.5) is 0 Å². The van der Waals surface area contributed by atoms with Gasteiger partial charge in [0.15, 0.2) is 0 Å². The predicted molar refractivity (Wildman–Crippen MR) is 223 cm³/mol. The molecule has 1 spiro atoms. The first-order chi connectivity index (χ1) is 25.9. The quantitative estimate of drug-likeness (QED) is 0.0522. The van der Waals surface area contributed by atoms with Crippen molar-refractivity contribution in [2.75, 3.05) is 26.2 Å². The van der Waals surface area contributed by atoms with Crippen molar-refractivity contribution in [1.29, 1.82) is 0 Å². The maximum Gasteiger partial charge on any atom is 0.309 e. The Morgan fingerprint density at radius 2 is 0.868 bits per heavy atom. The van der Waals surface area contributed by atoms with E-state index in [0.29, 0.717) is 0 Å². The van der Waals surface area contributed by atoms with E-state index in [2.05, 4.69) is 32.6 Å². The first-order valence-electron chi connectivity index (χ1n) is 23.7. The average molecular weight is 748 g/mol. The maximum absolute atomic E-state index is 14.1. The number of aliphatic hydroxyl groups excluding tert-OH is 1. The van der Waals surface area contributed by atoms with Gasteiger partial charge in [0.1, 0.15) is 12.2 Å². The van der Waals surface area contributed by atoms with E-state index in [1.165, 1.54) is 116 Å². The minimum atomic E-state index is -0.334. The Labute approximate surface area is 329 Å². The molecule has 312 valence electrons. The summed E-state index contributed by atoms with van der Waals surface area (Å²) in [5.74, 6) is -0.160. The van der Waals surface area contributed by atoms with Gasteiger partial charge in [-0.1, -0.05) is 169 Å². The van der Waals surface area contributed by atoms with E-state index < -0.39 is 0 Å². The Morgan fingerprint density at radius 3 is 1.23 bits per heavy atom. The van der Waals surface area contributed by atoms with Crippen LogP contribution in [0.5, 0.6) is 0 Å². The molecular formula is C47H89NO5. The number of carbonyl (C=O) groups is 2. The molecule has 0 aromatic carbocycles. The highest BCUT2D eigenvalue weighted by molar-refractivity contribution is 5.74. The van der Waals surface area contributed by atoms with Crippen LogP contribution in [0.25, 0.3) is 0 Å². The van der Waals surface area contributed by atoms with Crippen molar-refractivity contribution in [1.82, 2.24) is 4.90 Å². The van der Waals surface area contributed by atoms with E-state index in [9.17, 15) is 14.7 Å². The highest BCUT2D eigenvalue weighted by atomic mass is 16.6. The molecule has 0 aromatic heterocycles. The molecule has 1 heterocycles. The van der Waals surface area contributed by atoms with Crippen LogP contribution >= 0.6 is 0 Å². The minimum Gasteiger partial charge on any atom is -0.458 e. The van der Waals surface area contributed by atoms with Crippen molar-refractivity contribution in [3.05, 3.63) is 0 Å². The Balaban J connectivity index is 2.13. The average Bonchev–Trinajstić information content (AvgIpc) is 3.48. The second kappa shape index (κ2) is 31.0. The van der Waals surface area contributed by atoms with E-state index in [1.807, 2.05) is 0 Å². The lowest BCUT2D eigenvalue weighted by Crippen LogP contribution is -2.40. The third-order valence-corrected chi connectivity index (χ3v) is 12.8. The fourth-order valence-corrected chi connectivity index (χ4v) is 9.12. The lowest BCUT2D eigenvalue weighted by molar-refractivity contribution is -0.171. The van der Waals surface area contributed by atoms with E-state index >= 15 is 0 Å². The molecule has 2 unspecified atom stereocenters. The topological polar surface area (TPSA) is 76.1 Å².